The number of fused-ring (bicyclic) bond motifs is 1. The molecule has 33 heavy (non-hydrogen) atoms. The van der Waals surface area contributed by atoms with Crippen LogP contribution in [0.25, 0.3) is 0 Å². The summed E-state index contributed by atoms with van der Waals surface area (Å²) in [7, 11) is 5.85. The predicted molar refractivity (Wildman–Crippen MR) is 124 cm³/mol. The van der Waals surface area contributed by atoms with Gasteiger partial charge in [-0.25, -0.2) is 4.68 Å². The topological polar surface area (TPSA) is 92.6 Å². The Morgan fingerprint density at radius 2 is 1.76 bits per heavy atom. The summed E-state index contributed by atoms with van der Waals surface area (Å²) in [5.74, 6) is 1.21. The smallest absolute Gasteiger partial charge is 0.261 e. The van der Waals surface area contributed by atoms with Gasteiger partial charge in [0.25, 0.3) is 11.8 Å². The van der Waals surface area contributed by atoms with Crippen LogP contribution in [0.4, 0.5) is 5.95 Å². The van der Waals surface area contributed by atoms with Crippen LogP contribution in [0.15, 0.2) is 48.5 Å². The van der Waals surface area contributed by atoms with E-state index in [0.717, 1.165) is 18.7 Å². The van der Waals surface area contributed by atoms with Crippen molar-refractivity contribution in [3.63, 3.8) is 0 Å². The number of benzene rings is 2. The van der Waals surface area contributed by atoms with E-state index < -0.39 is 0 Å². The Morgan fingerprint density at radius 3 is 2.45 bits per heavy atom. The molecule has 3 aromatic rings. The number of aromatic nitrogens is 3. The van der Waals surface area contributed by atoms with E-state index in [-0.39, 0.29) is 18.4 Å². The van der Waals surface area contributed by atoms with Crippen LogP contribution in [0.3, 0.4) is 0 Å². The molecule has 0 unspecified atom stereocenters. The van der Waals surface area contributed by atoms with Crippen molar-refractivity contribution in [1.82, 2.24) is 24.6 Å². The molecule has 0 aliphatic carbocycles. The molecule has 2 aromatic carbocycles. The van der Waals surface area contributed by atoms with E-state index in [2.05, 4.69) is 32.4 Å². The van der Waals surface area contributed by atoms with Crippen molar-refractivity contribution in [3.05, 3.63) is 71.0 Å². The highest BCUT2D eigenvalue weighted by Gasteiger charge is 2.35. The average Bonchev–Trinajstić information content (AvgIpc) is 3.25. The summed E-state index contributed by atoms with van der Waals surface area (Å²) < 4.78 is 7.47. The van der Waals surface area contributed by atoms with E-state index in [4.69, 9.17) is 4.74 Å². The Balaban J connectivity index is 1.26. The SMILES string of the molecule is CN(C)Cc1cccc(OCCCNc2nc(CN3C(=O)c4ccccc4C3=O)nn2C)c1. The van der Waals surface area contributed by atoms with Crippen LogP contribution in [0, 0.1) is 0 Å². The zero-order valence-electron chi connectivity index (χ0n) is 19.1. The van der Waals surface area contributed by atoms with Crippen molar-refractivity contribution in [2.45, 2.75) is 19.5 Å². The van der Waals surface area contributed by atoms with Gasteiger partial charge in [-0.1, -0.05) is 24.3 Å². The third-order valence-electron chi connectivity index (χ3n) is 5.25. The number of carbonyl (C=O) groups is 2. The second-order valence-corrected chi connectivity index (χ2v) is 8.23. The molecule has 1 aliphatic rings. The maximum absolute atomic E-state index is 12.5. The minimum atomic E-state index is -0.315. The first-order valence-electron chi connectivity index (χ1n) is 10.9. The number of carbonyl (C=O) groups excluding carboxylic acids is 2. The molecule has 9 nitrogen and oxygen atoms in total. The van der Waals surface area contributed by atoms with Crippen LogP contribution < -0.4 is 10.1 Å². The summed E-state index contributed by atoms with van der Waals surface area (Å²) in [6.45, 7) is 2.12. The lowest BCUT2D eigenvalue weighted by atomic mass is 10.1. The van der Waals surface area contributed by atoms with Crippen LogP contribution in [0.2, 0.25) is 0 Å². The number of ether oxygens (including phenoxy) is 1. The number of nitrogens with zero attached hydrogens (tertiary/aromatic N) is 5. The zero-order valence-corrected chi connectivity index (χ0v) is 19.1. The van der Waals surface area contributed by atoms with Crippen molar-refractivity contribution in [2.24, 2.45) is 7.05 Å². The predicted octanol–water partition coefficient (Wildman–Crippen LogP) is 2.55. The first kappa shape index (κ1) is 22.5. The standard InChI is InChI=1S/C24H28N6O3/c1-28(2)15-17-8-6-9-18(14-17)33-13-7-12-25-24-26-21(27-29(24)3)16-30-22(31)19-10-4-5-11-20(19)23(30)32/h4-6,8-11,14H,7,12-13,15-16H2,1-3H3,(H,25,26,27). The highest BCUT2D eigenvalue weighted by molar-refractivity contribution is 6.21. The van der Waals surface area contributed by atoms with Crippen molar-refractivity contribution in [2.75, 3.05) is 32.6 Å². The van der Waals surface area contributed by atoms with Gasteiger partial charge in [-0.15, -0.1) is 0 Å². The summed E-state index contributed by atoms with van der Waals surface area (Å²) in [6.07, 6.45) is 0.776. The number of imide groups is 1. The Morgan fingerprint density at radius 1 is 1.03 bits per heavy atom. The van der Waals surface area contributed by atoms with Gasteiger partial charge in [-0.2, -0.15) is 10.1 Å². The van der Waals surface area contributed by atoms with Gasteiger partial charge < -0.3 is 15.0 Å². The maximum Gasteiger partial charge on any atom is 0.261 e. The molecule has 2 heterocycles. The second-order valence-electron chi connectivity index (χ2n) is 8.23. The highest BCUT2D eigenvalue weighted by Crippen LogP contribution is 2.23. The van der Waals surface area contributed by atoms with Crippen molar-refractivity contribution in [1.29, 1.82) is 0 Å². The van der Waals surface area contributed by atoms with E-state index in [1.807, 2.05) is 26.2 Å². The van der Waals surface area contributed by atoms with Gasteiger partial charge in [0, 0.05) is 20.1 Å². The minimum absolute atomic E-state index is 0.0360. The monoisotopic (exact) mass is 448 g/mol. The van der Waals surface area contributed by atoms with Crippen molar-refractivity contribution < 1.29 is 14.3 Å². The molecule has 1 N–H and O–H groups in total. The third-order valence-corrected chi connectivity index (χ3v) is 5.25. The first-order valence-corrected chi connectivity index (χ1v) is 10.9. The number of rotatable bonds is 10. The molecule has 0 fully saturated rings. The number of anilines is 1. The summed E-state index contributed by atoms with van der Waals surface area (Å²) >= 11 is 0. The van der Waals surface area contributed by atoms with Crippen LogP contribution >= 0.6 is 0 Å². The van der Waals surface area contributed by atoms with Gasteiger partial charge in [-0.05, 0) is 50.3 Å². The summed E-state index contributed by atoms with van der Waals surface area (Å²) in [5.41, 5.74) is 2.05. The molecular formula is C24H28N6O3. The quantitative estimate of drug-likeness (QED) is 0.376. The van der Waals surface area contributed by atoms with E-state index in [9.17, 15) is 9.59 Å². The molecule has 0 bridgehead atoms. The normalized spacial score (nSPS) is 13.0. The summed E-state index contributed by atoms with van der Waals surface area (Å²) in [5, 5.41) is 7.58. The minimum Gasteiger partial charge on any atom is -0.494 e. The lowest BCUT2D eigenvalue weighted by molar-refractivity contribution is 0.0638. The fraction of sp³-hybridized carbons (Fsp3) is 0.333. The van der Waals surface area contributed by atoms with Crippen LogP contribution in [-0.4, -0.2) is 63.6 Å². The number of hydrogen-bond donors (Lipinski definition) is 1. The lowest BCUT2D eigenvalue weighted by Gasteiger charge is -2.12. The van der Waals surface area contributed by atoms with Gasteiger partial charge in [-0.3, -0.25) is 14.5 Å². The molecule has 0 saturated heterocycles. The van der Waals surface area contributed by atoms with Gasteiger partial charge in [0.15, 0.2) is 5.82 Å². The number of hydrogen-bond acceptors (Lipinski definition) is 7. The molecule has 0 saturated carbocycles. The maximum atomic E-state index is 12.5. The first-order chi connectivity index (χ1) is 15.9. The molecule has 1 aromatic heterocycles. The molecule has 0 spiro atoms. The summed E-state index contributed by atoms with van der Waals surface area (Å²) in [4.78, 5) is 32.8. The molecular weight excluding hydrogens is 420 g/mol. The Kier molecular flexibility index (Phi) is 6.69. The van der Waals surface area contributed by atoms with E-state index in [1.165, 1.54) is 10.5 Å². The van der Waals surface area contributed by atoms with E-state index in [1.54, 1.807) is 36.0 Å². The number of nitrogens with one attached hydrogen (secondary N) is 1. The van der Waals surface area contributed by atoms with Crippen LogP contribution in [-0.2, 0) is 20.1 Å². The second kappa shape index (κ2) is 9.83. The van der Waals surface area contributed by atoms with Crippen molar-refractivity contribution >= 4 is 17.8 Å². The van der Waals surface area contributed by atoms with Crippen molar-refractivity contribution in [3.8, 4) is 5.75 Å². The molecule has 4 rings (SSSR count). The largest absolute Gasteiger partial charge is 0.494 e. The van der Waals surface area contributed by atoms with Crippen LogP contribution in [0.1, 0.15) is 38.5 Å². The Labute approximate surface area is 193 Å². The number of amides is 2. The van der Waals surface area contributed by atoms with Crippen LogP contribution in [0.5, 0.6) is 5.75 Å². The number of aryl methyl sites for hydroxylation is 1. The Bertz CT molecular complexity index is 1120. The van der Waals surface area contributed by atoms with E-state index >= 15 is 0 Å². The highest BCUT2D eigenvalue weighted by atomic mass is 16.5. The average molecular weight is 449 g/mol. The zero-order chi connectivity index (χ0) is 23.4. The Hall–Kier alpha value is -3.72. The van der Waals surface area contributed by atoms with Gasteiger partial charge in [0.1, 0.15) is 5.75 Å². The molecule has 9 heteroatoms. The fourth-order valence-electron chi connectivity index (χ4n) is 3.74. The van der Waals surface area contributed by atoms with Gasteiger partial charge in [0.2, 0.25) is 5.95 Å². The molecule has 0 atom stereocenters. The van der Waals surface area contributed by atoms with E-state index in [0.29, 0.717) is 36.1 Å². The summed E-state index contributed by atoms with van der Waals surface area (Å²) in [6, 6.07) is 14.9. The van der Waals surface area contributed by atoms with Gasteiger partial charge in [0.05, 0.1) is 24.3 Å². The molecule has 1 aliphatic heterocycles. The molecule has 0 radical (unpaired) electrons. The molecule has 2 amide bonds. The van der Waals surface area contributed by atoms with Gasteiger partial charge >= 0.3 is 0 Å². The fourth-order valence-corrected chi connectivity index (χ4v) is 3.74. The lowest BCUT2D eigenvalue weighted by Crippen LogP contribution is -2.29. The third kappa shape index (κ3) is 5.20. The molecule has 172 valence electrons.